The van der Waals surface area contributed by atoms with Gasteiger partial charge in [-0.15, -0.1) is 0 Å². The molecule has 0 aliphatic heterocycles. The first-order valence-electron chi connectivity index (χ1n) is 6.68. The number of hydrogen-bond acceptors (Lipinski definition) is 4. The van der Waals surface area contributed by atoms with Crippen LogP contribution in [0.25, 0.3) is 0 Å². The number of hydrogen-bond donors (Lipinski definition) is 2. The highest BCUT2D eigenvalue weighted by molar-refractivity contribution is 6.29. The molecule has 2 fully saturated rings. The molecule has 0 spiro atoms. The van der Waals surface area contributed by atoms with Crippen molar-refractivity contribution < 1.29 is 5.11 Å². The molecule has 2 unspecified atom stereocenters. The number of aliphatic hydroxyl groups excluding tert-OH is 1. The summed E-state index contributed by atoms with van der Waals surface area (Å²) in [4.78, 5) is 8.81. The Morgan fingerprint density at radius 1 is 1.28 bits per heavy atom. The Bertz CT molecular complexity index is 436. The Balaban J connectivity index is 1.75. The molecule has 2 saturated carbocycles. The minimum absolute atomic E-state index is 0.242. The van der Waals surface area contributed by atoms with Crippen LogP contribution in [-0.4, -0.2) is 27.7 Å². The molecule has 1 aromatic heterocycles. The molecule has 5 heteroatoms. The number of rotatable bonds is 4. The van der Waals surface area contributed by atoms with Gasteiger partial charge in [-0.25, -0.2) is 9.97 Å². The lowest BCUT2D eigenvalue weighted by molar-refractivity contribution is 0.222. The predicted molar refractivity (Wildman–Crippen MR) is 70.9 cm³/mol. The fourth-order valence-corrected chi connectivity index (χ4v) is 2.86. The van der Waals surface area contributed by atoms with E-state index in [0.717, 1.165) is 30.9 Å². The second kappa shape index (κ2) is 5.02. The van der Waals surface area contributed by atoms with E-state index in [9.17, 15) is 5.11 Å². The van der Waals surface area contributed by atoms with Crippen molar-refractivity contribution in [3.63, 3.8) is 0 Å². The summed E-state index contributed by atoms with van der Waals surface area (Å²) >= 11 is 6.04. The van der Waals surface area contributed by atoms with Gasteiger partial charge in [-0.05, 0) is 25.7 Å². The Morgan fingerprint density at radius 3 is 2.83 bits per heavy atom. The van der Waals surface area contributed by atoms with E-state index < -0.39 is 0 Å². The van der Waals surface area contributed by atoms with E-state index in [1.54, 1.807) is 6.07 Å². The molecule has 1 aromatic rings. The van der Waals surface area contributed by atoms with Gasteiger partial charge in [0.1, 0.15) is 16.8 Å². The van der Waals surface area contributed by atoms with Crippen molar-refractivity contribution in [1.29, 1.82) is 0 Å². The predicted octanol–water partition coefficient (Wildman–Crippen LogP) is 2.58. The average Bonchev–Trinajstić information content (AvgIpc) is 3.10. The Hall–Kier alpha value is -0.870. The molecule has 0 amide bonds. The van der Waals surface area contributed by atoms with Crippen molar-refractivity contribution in [3.8, 4) is 0 Å². The second-order valence-electron chi connectivity index (χ2n) is 5.33. The van der Waals surface area contributed by atoms with Gasteiger partial charge in [0.2, 0.25) is 0 Å². The molecule has 0 bridgehead atoms. The molecule has 98 valence electrons. The first kappa shape index (κ1) is 12.2. The highest BCUT2D eigenvalue weighted by Gasteiger charge is 2.29. The van der Waals surface area contributed by atoms with Crippen molar-refractivity contribution in [1.82, 2.24) is 9.97 Å². The molecule has 1 heterocycles. The third kappa shape index (κ3) is 2.59. The summed E-state index contributed by atoms with van der Waals surface area (Å²) in [5.74, 6) is 2.51. The summed E-state index contributed by atoms with van der Waals surface area (Å²) in [6.45, 7) is 0.242. The van der Waals surface area contributed by atoms with Crippen LogP contribution in [0.4, 0.5) is 5.82 Å². The van der Waals surface area contributed by atoms with Crippen LogP contribution in [0.1, 0.15) is 43.8 Å². The van der Waals surface area contributed by atoms with Crippen molar-refractivity contribution >= 4 is 17.4 Å². The molecule has 3 rings (SSSR count). The summed E-state index contributed by atoms with van der Waals surface area (Å²) in [5.41, 5.74) is 0. The average molecular weight is 268 g/mol. The van der Waals surface area contributed by atoms with Crippen molar-refractivity contribution in [2.45, 2.75) is 44.1 Å². The van der Waals surface area contributed by atoms with Gasteiger partial charge in [-0.2, -0.15) is 0 Å². The first-order valence-corrected chi connectivity index (χ1v) is 7.06. The highest BCUT2D eigenvalue weighted by atomic mass is 35.5. The molecule has 0 saturated heterocycles. The number of halogens is 1. The highest BCUT2D eigenvalue weighted by Crippen LogP contribution is 2.39. The fourth-order valence-electron chi connectivity index (χ4n) is 2.67. The summed E-state index contributed by atoms with van der Waals surface area (Å²) in [7, 11) is 0. The molecular formula is C13H18ClN3O. The quantitative estimate of drug-likeness (QED) is 0.824. The van der Waals surface area contributed by atoms with Crippen LogP contribution in [0.3, 0.4) is 0 Å². The maximum Gasteiger partial charge on any atom is 0.135 e. The lowest BCUT2D eigenvalue weighted by Gasteiger charge is -2.19. The zero-order valence-corrected chi connectivity index (χ0v) is 11.0. The third-order valence-corrected chi connectivity index (χ3v) is 4.08. The molecule has 4 nitrogen and oxygen atoms in total. The number of nitrogens with zero attached hydrogens (tertiary/aromatic N) is 2. The van der Waals surface area contributed by atoms with E-state index in [-0.39, 0.29) is 6.61 Å². The van der Waals surface area contributed by atoms with Gasteiger partial charge in [0.15, 0.2) is 0 Å². The SMILES string of the molecule is OCC1CCCC1Nc1cc(Cl)nc(C2CC2)n1. The minimum Gasteiger partial charge on any atom is -0.396 e. The molecule has 2 N–H and O–H groups in total. The molecule has 0 radical (unpaired) electrons. The van der Waals surface area contributed by atoms with E-state index in [1.165, 1.54) is 12.8 Å². The first-order chi connectivity index (χ1) is 8.76. The lowest BCUT2D eigenvalue weighted by atomic mass is 10.1. The largest absolute Gasteiger partial charge is 0.396 e. The number of nitrogens with one attached hydrogen (secondary N) is 1. The topological polar surface area (TPSA) is 58.0 Å². The molecule has 2 atom stereocenters. The third-order valence-electron chi connectivity index (χ3n) is 3.88. The van der Waals surface area contributed by atoms with Crippen LogP contribution in [0, 0.1) is 5.92 Å². The smallest absolute Gasteiger partial charge is 0.135 e. The van der Waals surface area contributed by atoms with Crippen molar-refractivity contribution in [2.75, 3.05) is 11.9 Å². The second-order valence-corrected chi connectivity index (χ2v) is 5.72. The van der Waals surface area contributed by atoms with Crippen molar-refractivity contribution in [2.24, 2.45) is 5.92 Å². The van der Waals surface area contributed by atoms with Gasteiger partial charge in [-0.1, -0.05) is 18.0 Å². The van der Waals surface area contributed by atoms with E-state index >= 15 is 0 Å². The Morgan fingerprint density at radius 2 is 2.11 bits per heavy atom. The van der Waals surface area contributed by atoms with E-state index in [1.807, 2.05) is 0 Å². The maximum absolute atomic E-state index is 9.32. The molecular weight excluding hydrogens is 250 g/mol. The zero-order valence-electron chi connectivity index (χ0n) is 10.3. The van der Waals surface area contributed by atoms with E-state index in [0.29, 0.717) is 23.0 Å². The summed E-state index contributed by atoms with van der Waals surface area (Å²) in [6, 6.07) is 2.09. The van der Waals surface area contributed by atoms with E-state index in [4.69, 9.17) is 11.6 Å². The van der Waals surface area contributed by atoms with Crippen LogP contribution < -0.4 is 5.32 Å². The number of anilines is 1. The Labute approximate surface area is 112 Å². The molecule has 2 aliphatic carbocycles. The summed E-state index contributed by atoms with van der Waals surface area (Å²) in [5, 5.41) is 13.2. The van der Waals surface area contributed by atoms with Gasteiger partial charge < -0.3 is 10.4 Å². The Kier molecular flexibility index (Phi) is 3.39. The van der Waals surface area contributed by atoms with Gasteiger partial charge in [0, 0.05) is 30.6 Å². The number of aliphatic hydroxyl groups is 1. The van der Waals surface area contributed by atoms with Gasteiger partial charge in [-0.3, -0.25) is 0 Å². The summed E-state index contributed by atoms with van der Waals surface area (Å²) in [6.07, 6.45) is 5.68. The van der Waals surface area contributed by atoms with Gasteiger partial charge in [0.05, 0.1) is 0 Å². The monoisotopic (exact) mass is 267 g/mol. The fraction of sp³-hybridized carbons (Fsp3) is 0.692. The van der Waals surface area contributed by atoms with Crippen LogP contribution in [0.2, 0.25) is 5.15 Å². The molecule has 2 aliphatic rings. The van der Waals surface area contributed by atoms with Gasteiger partial charge >= 0.3 is 0 Å². The molecule has 18 heavy (non-hydrogen) atoms. The lowest BCUT2D eigenvalue weighted by Crippen LogP contribution is -2.27. The van der Waals surface area contributed by atoms with Crippen LogP contribution in [0.5, 0.6) is 0 Å². The van der Waals surface area contributed by atoms with E-state index in [2.05, 4.69) is 15.3 Å². The van der Waals surface area contributed by atoms with Crippen molar-refractivity contribution in [3.05, 3.63) is 17.0 Å². The number of aromatic nitrogens is 2. The summed E-state index contributed by atoms with van der Waals surface area (Å²) < 4.78 is 0. The normalized spacial score (nSPS) is 27.4. The maximum atomic E-state index is 9.32. The van der Waals surface area contributed by atoms with Crippen LogP contribution >= 0.6 is 11.6 Å². The molecule has 0 aromatic carbocycles. The zero-order chi connectivity index (χ0) is 12.5. The van der Waals surface area contributed by atoms with Gasteiger partial charge in [0.25, 0.3) is 0 Å². The standard InChI is InChI=1S/C13H18ClN3O/c14-11-6-12(17-13(16-11)8-4-5-8)15-10-3-1-2-9(10)7-18/h6,8-10,18H,1-5,7H2,(H,15,16,17). The van der Waals surface area contributed by atoms with Crippen LogP contribution in [0.15, 0.2) is 6.07 Å². The van der Waals surface area contributed by atoms with Crippen LogP contribution in [-0.2, 0) is 0 Å². The minimum atomic E-state index is 0.242.